The van der Waals surface area contributed by atoms with Gasteiger partial charge in [0.05, 0.1) is 22.9 Å². The van der Waals surface area contributed by atoms with E-state index >= 15 is 0 Å². The van der Waals surface area contributed by atoms with E-state index < -0.39 is 27.2 Å². The second-order valence-electron chi connectivity index (χ2n) is 4.42. The minimum atomic E-state index is -3.84. The highest BCUT2D eigenvalue weighted by Gasteiger charge is 2.35. The summed E-state index contributed by atoms with van der Waals surface area (Å²) >= 11 is 0. The quantitative estimate of drug-likeness (QED) is 0.889. The molecule has 1 fully saturated rings. The van der Waals surface area contributed by atoms with E-state index in [2.05, 4.69) is 0 Å². The maximum Gasteiger partial charge on any atom is 0.336 e. The van der Waals surface area contributed by atoms with Crippen molar-refractivity contribution in [1.29, 1.82) is 0 Å². The maximum absolute atomic E-state index is 12.2. The number of carboxylic acid groups (broad SMARTS) is 1. The van der Waals surface area contributed by atoms with Crippen molar-refractivity contribution in [2.45, 2.75) is 32.4 Å². The fourth-order valence-electron chi connectivity index (χ4n) is 1.81. The standard InChI is InChI=1S/C12H13NO6S.C2H6/c1-8-6-7-13(19-20(8,17)18)11(14)9-4-2-3-5-10(9)12(15)16;1-2/h2-5,8H,6-7H2,1H3,(H,15,16);1-2H3. The summed E-state index contributed by atoms with van der Waals surface area (Å²) in [5.74, 6) is -2.04. The van der Waals surface area contributed by atoms with Crippen LogP contribution in [0.1, 0.15) is 47.9 Å². The van der Waals surface area contributed by atoms with E-state index in [0.29, 0.717) is 5.06 Å². The monoisotopic (exact) mass is 329 g/mol. The molecule has 2 rings (SSSR count). The van der Waals surface area contributed by atoms with Gasteiger partial charge in [0.1, 0.15) is 0 Å². The number of benzene rings is 1. The lowest BCUT2D eigenvalue weighted by Gasteiger charge is -2.28. The van der Waals surface area contributed by atoms with Crippen LogP contribution in [-0.2, 0) is 14.4 Å². The van der Waals surface area contributed by atoms with E-state index in [9.17, 15) is 18.0 Å². The Bertz CT molecular complexity index is 655. The van der Waals surface area contributed by atoms with Gasteiger partial charge in [-0.25, -0.2) is 4.79 Å². The highest BCUT2D eigenvalue weighted by molar-refractivity contribution is 7.87. The summed E-state index contributed by atoms with van der Waals surface area (Å²) in [4.78, 5) is 23.3. The third-order valence-corrected chi connectivity index (χ3v) is 4.65. The Balaban J connectivity index is 0.00000116. The summed E-state index contributed by atoms with van der Waals surface area (Å²) in [6.45, 7) is 5.58. The smallest absolute Gasteiger partial charge is 0.336 e. The van der Waals surface area contributed by atoms with Crippen LogP contribution >= 0.6 is 0 Å². The van der Waals surface area contributed by atoms with Crippen LogP contribution in [0.2, 0.25) is 0 Å². The van der Waals surface area contributed by atoms with Gasteiger partial charge in [-0.15, -0.1) is 4.28 Å². The highest BCUT2D eigenvalue weighted by atomic mass is 32.2. The Morgan fingerprint density at radius 3 is 2.27 bits per heavy atom. The van der Waals surface area contributed by atoms with Crippen molar-refractivity contribution in [1.82, 2.24) is 5.06 Å². The first-order chi connectivity index (χ1) is 10.3. The first-order valence-electron chi connectivity index (χ1n) is 6.90. The molecule has 0 aliphatic carbocycles. The molecule has 8 heteroatoms. The molecule has 1 aromatic rings. The predicted octanol–water partition coefficient (Wildman–Crippen LogP) is 1.91. The normalized spacial score (nSPS) is 19.8. The summed E-state index contributed by atoms with van der Waals surface area (Å²) in [5, 5.41) is 9.03. The van der Waals surface area contributed by atoms with Crippen molar-refractivity contribution >= 4 is 22.0 Å². The number of hydrogen-bond acceptors (Lipinski definition) is 5. The van der Waals surface area contributed by atoms with Crippen molar-refractivity contribution in [2.24, 2.45) is 0 Å². The minimum absolute atomic E-state index is 0.0905. The fourth-order valence-corrected chi connectivity index (χ4v) is 2.74. The summed E-state index contributed by atoms with van der Waals surface area (Å²) in [7, 11) is -3.84. The average Bonchev–Trinajstić information content (AvgIpc) is 2.51. The van der Waals surface area contributed by atoms with Gasteiger partial charge in [0.2, 0.25) is 0 Å². The number of carbonyl (C=O) groups is 2. The van der Waals surface area contributed by atoms with Crippen molar-refractivity contribution in [3.8, 4) is 0 Å². The van der Waals surface area contributed by atoms with E-state index in [4.69, 9.17) is 9.39 Å². The molecule has 22 heavy (non-hydrogen) atoms. The zero-order valence-electron chi connectivity index (χ0n) is 12.6. The molecule has 7 nitrogen and oxygen atoms in total. The van der Waals surface area contributed by atoms with Gasteiger partial charge in [0, 0.05) is 0 Å². The second kappa shape index (κ2) is 7.37. The topological polar surface area (TPSA) is 101 Å². The van der Waals surface area contributed by atoms with Crippen molar-refractivity contribution < 1.29 is 27.4 Å². The minimum Gasteiger partial charge on any atom is -0.478 e. The number of rotatable bonds is 2. The molecule has 1 N–H and O–H groups in total. The molecule has 1 unspecified atom stereocenters. The number of amides is 1. The fraction of sp³-hybridized carbons (Fsp3) is 0.429. The number of hydrogen-bond donors (Lipinski definition) is 1. The SMILES string of the molecule is CC.CC1CCN(C(=O)c2ccccc2C(=O)O)OS1(=O)=O. The number of aromatic carboxylic acids is 1. The zero-order chi connectivity index (χ0) is 16.9. The molecule has 1 atom stereocenters. The average molecular weight is 329 g/mol. The Morgan fingerprint density at radius 2 is 1.77 bits per heavy atom. The molecule has 1 amide bonds. The van der Waals surface area contributed by atoms with Crippen molar-refractivity contribution in [3.05, 3.63) is 35.4 Å². The number of carbonyl (C=O) groups excluding carboxylic acids is 1. The number of hydroxylamine groups is 2. The van der Waals surface area contributed by atoms with Gasteiger partial charge in [0.25, 0.3) is 16.0 Å². The molecule has 0 aromatic heterocycles. The highest BCUT2D eigenvalue weighted by Crippen LogP contribution is 2.21. The predicted molar refractivity (Wildman–Crippen MR) is 79.9 cm³/mol. The summed E-state index contributed by atoms with van der Waals surface area (Å²) in [6, 6.07) is 5.58. The molecule has 1 aromatic carbocycles. The third-order valence-electron chi connectivity index (χ3n) is 3.04. The molecule has 0 bridgehead atoms. The lowest BCUT2D eigenvalue weighted by Crippen LogP contribution is -2.43. The van der Waals surface area contributed by atoms with Crippen LogP contribution in [0.25, 0.3) is 0 Å². The van der Waals surface area contributed by atoms with Crippen LogP contribution < -0.4 is 0 Å². The zero-order valence-corrected chi connectivity index (χ0v) is 13.5. The molecule has 1 saturated heterocycles. The second-order valence-corrected chi connectivity index (χ2v) is 6.36. The van der Waals surface area contributed by atoms with Crippen LogP contribution in [0.4, 0.5) is 0 Å². The van der Waals surface area contributed by atoms with Gasteiger partial charge in [-0.1, -0.05) is 26.0 Å². The molecular formula is C14H19NO6S. The first-order valence-corrected chi connectivity index (χ1v) is 8.37. The Kier molecular flexibility index (Phi) is 6.07. The van der Waals surface area contributed by atoms with Crippen LogP contribution in [0.5, 0.6) is 0 Å². The van der Waals surface area contributed by atoms with Gasteiger partial charge in [-0.3, -0.25) is 4.79 Å². The Labute approximate surface area is 129 Å². The molecule has 1 aliphatic heterocycles. The Hall–Kier alpha value is -1.93. The van der Waals surface area contributed by atoms with E-state index in [1.807, 2.05) is 13.8 Å². The van der Waals surface area contributed by atoms with Gasteiger partial charge < -0.3 is 5.11 Å². The maximum atomic E-state index is 12.2. The van der Waals surface area contributed by atoms with Crippen molar-refractivity contribution in [2.75, 3.05) is 6.54 Å². The molecule has 0 radical (unpaired) electrons. The van der Waals surface area contributed by atoms with Crippen LogP contribution in [-0.4, -0.2) is 42.3 Å². The van der Waals surface area contributed by atoms with Gasteiger partial charge in [-0.05, 0) is 25.5 Å². The molecular weight excluding hydrogens is 310 g/mol. The number of nitrogens with zero attached hydrogens (tertiary/aromatic N) is 1. The summed E-state index contributed by atoms with van der Waals surface area (Å²) < 4.78 is 27.9. The Morgan fingerprint density at radius 1 is 1.23 bits per heavy atom. The summed E-state index contributed by atoms with van der Waals surface area (Å²) in [5.41, 5.74) is -0.304. The molecule has 1 heterocycles. The van der Waals surface area contributed by atoms with E-state index in [1.165, 1.54) is 31.2 Å². The third kappa shape index (κ3) is 3.83. The lowest BCUT2D eigenvalue weighted by atomic mass is 10.1. The van der Waals surface area contributed by atoms with E-state index in [0.717, 1.165) is 0 Å². The van der Waals surface area contributed by atoms with Crippen LogP contribution in [0.3, 0.4) is 0 Å². The van der Waals surface area contributed by atoms with Crippen molar-refractivity contribution in [3.63, 3.8) is 0 Å². The van der Waals surface area contributed by atoms with Gasteiger partial charge >= 0.3 is 5.97 Å². The van der Waals surface area contributed by atoms with E-state index in [1.54, 1.807) is 0 Å². The van der Waals surface area contributed by atoms with Crippen LogP contribution in [0, 0.1) is 0 Å². The van der Waals surface area contributed by atoms with Gasteiger partial charge in [-0.2, -0.15) is 13.5 Å². The first kappa shape index (κ1) is 18.1. The summed E-state index contributed by atoms with van der Waals surface area (Å²) in [6.07, 6.45) is 0.239. The largest absolute Gasteiger partial charge is 0.478 e. The van der Waals surface area contributed by atoms with Gasteiger partial charge in [0.15, 0.2) is 0 Å². The molecule has 1 aliphatic rings. The van der Waals surface area contributed by atoms with Crippen LogP contribution in [0.15, 0.2) is 24.3 Å². The molecule has 0 spiro atoms. The molecule has 0 saturated carbocycles. The van der Waals surface area contributed by atoms with E-state index in [-0.39, 0.29) is 24.1 Å². The number of carboxylic acids is 1. The lowest BCUT2D eigenvalue weighted by molar-refractivity contribution is -0.0381. The molecule has 122 valence electrons.